The van der Waals surface area contributed by atoms with Crippen molar-refractivity contribution in [1.82, 2.24) is 0 Å². The maximum atomic E-state index is 11.1. The summed E-state index contributed by atoms with van der Waals surface area (Å²) in [7, 11) is 1.38. The average Bonchev–Trinajstić information content (AvgIpc) is 2.85. The fourth-order valence-electron chi connectivity index (χ4n) is 3.26. The van der Waals surface area contributed by atoms with Gasteiger partial charge < -0.3 is 29.6 Å². The lowest BCUT2D eigenvalue weighted by Crippen LogP contribution is -2.24. The first-order chi connectivity index (χ1) is 16.5. The second-order valence-electron chi connectivity index (χ2n) is 7.48. The fraction of sp³-hybridized carbons (Fsp3) is 0.231. The number of benzene rings is 3. The largest absolute Gasteiger partial charge is 0.508 e. The zero-order valence-corrected chi connectivity index (χ0v) is 18.8. The summed E-state index contributed by atoms with van der Waals surface area (Å²) in [6.45, 7) is 0.930. The summed E-state index contributed by atoms with van der Waals surface area (Å²) in [6, 6.07) is 20.9. The number of phenols is 1. The van der Waals surface area contributed by atoms with Crippen LogP contribution in [0.3, 0.4) is 0 Å². The van der Waals surface area contributed by atoms with E-state index in [1.165, 1.54) is 19.2 Å². The SMILES string of the molecule is CO[C@@H](Cc1ccc(OCCCOc2ccc(/C(=N\O)c3ccc(O)cc3)cc2)cc1)C(=O)O. The molecule has 0 saturated carbocycles. The molecule has 0 spiro atoms. The van der Waals surface area contributed by atoms with Crippen molar-refractivity contribution in [3.8, 4) is 17.2 Å². The highest BCUT2D eigenvalue weighted by molar-refractivity contribution is 6.12. The number of hydrogen-bond acceptors (Lipinski definition) is 7. The van der Waals surface area contributed by atoms with E-state index in [-0.39, 0.29) is 5.75 Å². The molecule has 0 aliphatic carbocycles. The van der Waals surface area contributed by atoms with Crippen LogP contribution in [0, 0.1) is 0 Å². The molecule has 178 valence electrons. The van der Waals surface area contributed by atoms with E-state index in [0.717, 1.165) is 5.56 Å². The zero-order valence-electron chi connectivity index (χ0n) is 18.8. The van der Waals surface area contributed by atoms with Crippen LogP contribution in [0.1, 0.15) is 23.1 Å². The van der Waals surface area contributed by atoms with Gasteiger partial charge in [0, 0.05) is 31.1 Å². The van der Waals surface area contributed by atoms with Crippen LogP contribution in [0.4, 0.5) is 0 Å². The number of carboxylic acids is 1. The standard InChI is InChI=1S/C26H27NO7/c1-32-24(26(29)30)17-18-3-11-22(12-4-18)33-15-2-16-34-23-13-7-20(8-14-23)25(27-31)19-5-9-21(28)10-6-19/h3-14,24,28,31H,2,15-17H2,1H3,(H,29,30)/b27-25-/t24-/m0/s1. The molecule has 8 nitrogen and oxygen atoms in total. The molecule has 0 radical (unpaired) electrons. The van der Waals surface area contributed by atoms with Crippen LogP contribution in [-0.4, -0.2) is 53.5 Å². The van der Waals surface area contributed by atoms with Gasteiger partial charge in [-0.2, -0.15) is 0 Å². The lowest BCUT2D eigenvalue weighted by Gasteiger charge is -2.11. The van der Waals surface area contributed by atoms with E-state index in [1.54, 1.807) is 48.5 Å². The number of rotatable bonds is 12. The Bertz CT molecular complexity index is 1080. The van der Waals surface area contributed by atoms with Crippen LogP contribution in [0.25, 0.3) is 0 Å². The molecule has 0 fully saturated rings. The average molecular weight is 466 g/mol. The molecule has 3 rings (SSSR count). The topological polar surface area (TPSA) is 118 Å². The molecule has 3 aromatic rings. The first-order valence-corrected chi connectivity index (χ1v) is 10.7. The van der Waals surface area contributed by atoms with Gasteiger partial charge >= 0.3 is 5.97 Å². The maximum absolute atomic E-state index is 11.1. The number of methoxy groups -OCH3 is 1. The Morgan fingerprint density at radius 3 is 1.82 bits per heavy atom. The highest BCUT2D eigenvalue weighted by Gasteiger charge is 2.16. The van der Waals surface area contributed by atoms with E-state index in [9.17, 15) is 15.1 Å². The molecular formula is C26H27NO7. The van der Waals surface area contributed by atoms with Crippen molar-refractivity contribution in [3.63, 3.8) is 0 Å². The molecule has 1 atom stereocenters. The van der Waals surface area contributed by atoms with Gasteiger partial charge in [0.1, 0.15) is 23.0 Å². The number of hydrogen-bond donors (Lipinski definition) is 3. The molecule has 3 N–H and O–H groups in total. The number of carbonyl (C=O) groups is 1. The Balaban J connectivity index is 1.42. The molecule has 0 amide bonds. The number of aliphatic carboxylic acids is 1. The Morgan fingerprint density at radius 1 is 0.853 bits per heavy atom. The monoisotopic (exact) mass is 465 g/mol. The summed E-state index contributed by atoms with van der Waals surface area (Å²) < 4.78 is 16.4. The minimum atomic E-state index is -0.989. The van der Waals surface area contributed by atoms with Crippen molar-refractivity contribution in [2.24, 2.45) is 5.16 Å². The van der Waals surface area contributed by atoms with Gasteiger partial charge in [-0.1, -0.05) is 17.3 Å². The summed E-state index contributed by atoms with van der Waals surface area (Å²) in [5.41, 5.74) is 2.65. The van der Waals surface area contributed by atoms with Gasteiger partial charge in [0.25, 0.3) is 0 Å². The van der Waals surface area contributed by atoms with E-state index in [2.05, 4.69) is 5.16 Å². The number of ether oxygens (including phenoxy) is 3. The van der Waals surface area contributed by atoms with Crippen molar-refractivity contribution in [1.29, 1.82) is 0 Å². The van der Waals surface area contributed by atoms with Crippen LogP contribution in [-0.2, 0) is 16.0 Å². The quantitative estimate of drug-likeness (QED) is 0.159. The fourth-order valence-corrected chi connectivity index (χ4v) is 3.26. The molecular weight excluding hydrogens is 438 g/mol. The Hall–Kier alpha value is -4.04. The van der Waals surface area contributed by atoms with Crippen molar-refractivity contribution in [2.75, 3.05) is 20.3 Å². The smallest absolute Gasteiger partial charge is 0.333 e. The van der Waals surface area contributed by atoms with E-state index < -0.39 is 12.1 Å². The van der Waals surface area contributed by atoms with Crippen LogP contribution in [0.15, 0.2) is 78.0 Å². The van der Waals surface area contributed by atoms with Crippen molar-refractivity contribution in [3.05, 3.63) is 89.5 Å². The lowest BCUT2D eigenvalue weighted by molar-refractivity contribution is -0.148. The van der Waals surface area contributed by atoms with Crippen molar-refractivity contribution in [2.45, 2.75) is 18.9 Å². The third-order valence-corrected chi connectivity index (χ3v) is 5.10. The minimum absolute atomic E-state index is 0.140. The molecule has 0 saturated heterocycles. The molecule has 0 heterocycles. The number of aromatic hydroxyl groups is 1. The second-order valence-corrected chi connectivity index (χ2v) is 7.48. The Kier molecular flexibility index (Phi) is 8.88. The predicted octanol–water partition coefficient (Wildman–Crippen LogP) is 4.11. The molecule has 0 aromatic heterocycles. The number of phenolic OH excluding ortho intramolecular Hbond substituents is 1. The highest BCUT2D eigenvalue weighted by atomic mass is 16.5. The molecule has 0 aliphatic heterocycles. The van der Waals surface area contributed by atoms with Crippen molar-refractivity contribution < 1.29 is 34.4 Å². The summed E-state index contributed by atoms with van der Waals surface area (Å²) in [6.07, 6.45) is 0.0954. The Labute approximate surface area is 197 Å². The minimum Gasteiger partial charge on any atom is -0.508 e. The van der Waals surface area contributed by atoms with E-state index in [4.69, 9.17) is 19.3 Å². The second kappa shape index (κ2) is 12.3. The third kappa shape index (κ3) is 6.98. The maximum Gasteiger partial charge on any atom is 0.333 e. The first-order valence-electron chi connectivity index (χ1n) is 10.7. The number of nitrogens with zero attached hydrogens (tertiary/aromatic N) is 1. The molecule has 34 heavy (non-hydrogen) atoms. The highest BCUT2D eigenvalue weighted by Crippen LogP contribution is 2.19. The van der Waals surface area contributed by atoms with Crippen molar-refractivity contribution >= 4 is 11.7 Å². The number of carboxylic acid groups (broad SMARTS) is 1. The summed E-state index contributed by atoms with van der Waals surface area (Å²) >= 11 is 0. The summed E-state index contributed by atoms with van der Waals surface area (Å²) in [5.74, 6) is 0.531. The molecule has 0 unspecified atom stereocenters. The molecule has 8 heteroatoms. The normalized spacial score (nSPS) is 12.2. The predicted molar refractivity (Wildman–Crippen MR) is 126 cm³/mol. The third-order valence-electron chi connectivity index (χ3n) is 5.10. The van der Waals surface area contributed by atoms with Gasteiger partial charge in [0.05, 0.1) is 13.2 Å². The van der Waals surface area contributed by atoms with Gasteiger partial charge in [-0.25, -0.2) is 4.79 Å². The van der Waals surface area contributed by atoms with Crippen LogP contribution < -0.4 is 9.47 Å². The molecule has 3 aromatic carbocycles. The molecule has 0 bridgehead atoms. The van der Waals surface area contributed by atoms with Crippen LogP contribution in [0.5, 0.6) is 17.2 Å². The Morgan fingerprint density at radius 2 is 1.35 bits per heavy atom. The van der Waals surface area contributed by atoms with E-state index in [0.29, 0.717) is 54.4 Å². The van der Waals surface area contributed by atoms with Crippen LogP contribution in [0.2, 0.25) is 0 Å². The van der Waals surface area contributed by atoms with Crippen LogP contribution >= 0.6 is 0 Å². The van der Waals surface area contributed by atoms with Gasteiger partial charge in [-0.15, -0.1) is 0 Å². The first kappa shape index (κ1) is 24.6. The summed E-state index contributed by atoms with van der Waals surface area (Å²) in [4.78, 5) is 11.1. The van der Waals surface area contributed by atoms with E-state index >= 15 is 0 Å². The number of oxime groups is 1. The van der Waals surface area contributed by atoms with Gasteiger partial charge in [-0.3, -0.25) is 0 Å². The lowest BCUT2D eigenvalue weighted by atomic mass is 10.0. The van der Waals surface area contributed by atoms with Gasteiger partial charge in [0.15, 0.2) is 6.10 Å². The zero-order chi connectivity index (χ0) is 24.3. The summed E-state index contributed by atoms with van der Waals surface area (Å²) in [5, 5.41) is 31.3. The van der Waals surface area contributed by atoms with Gasteiger partial charge in [0.2, 0.25) is 0 Å². The van der Waals surface area contributed by atoms with Gasteiger partial charge in [-0.05, 0) is 66.2 Å². The molecule has 0 aliphatic rings. The van der Waals surface area contributed by atoms with E-state index in [1.807, 2.05) is 12.1 Å².